The van der Waals surface area contributed by atoms with Crippen LogP contribution in [0.2, 0.25) is 0 Å². The molecule has 0 spiro atoms. The van der Waals surface area contributed by atoms with E-state index in [1.54, 1.807) is 47.9 Å². The fourth-order valence-corrected chi connectivity index (χ4v) is 3.55. The molecule has 0 unspecified atom stereocenters. The average molecular weight is 394 g/mol. The first-order valence-electron chi connectivity index (χ1n) is 9.07. The van der Waals surface area contributed by atoms with Crippen LogP contribution in [0.5, 0.6) is 11.5 Å². The highest BCUT2D eigenvalue weighted by atomic mass is 32.1. The molecule has 142 valence electrons. The van der Waals surface area contributed by atoms with Crippen LogP contribution in [-0.2, 0) is 11.3 Å². The quantitative estimate of drug-likeness (QED) is 0.512. The molecular weight excluding hydrogens is 375 g/mol. The number of aromatic nitrogens is 1. The second kappa shape index (κ2) is 8.35. The highest BCUT2D eigenvalue weighted by Crippen LogP contribution is 2.30. The molecule has 0 aliphatic heterocycles. The van der Waals surface area contributed by atoms with Crippen molar-refractivity contribution < 1.29 is 13.9 Å². The van der Waals surface area contributed by atoms with Crippen molar-refractivity contribution in [3.8, 4) is 11.5 Å². The largest absolute Gasteiger partial charge is 0.453 e. The number of halogens is 1. The number of amides is 1. The van der Waals surface area contributed by atoms with Crippen LogP contribution >= 0.6 is 11.3 Å². The van der Waals surface area contributed by atoms with Crippen LogP contribution in [-0.4, -0.2) is 21.8 Å². The Hall–Kier alpha value is -2.99. The van der Waals surface area contributed by atoms with Crippen molar-refractivity contribution in [3.63, 3.8) is 0 Å². The molecule has 1 fully saturated rings. The first-order valence-corrected chi connectivity index (χ1v) is 9.95. The van der Waals surface area contributed by atoms with Crippen molar-refractivity contribution in [2.24, 2.45) is 0 Å². The Kier molecular flexibility index (Phi) is 5.48. The van der Waals surface area contributed by atoms with Gasteiger partial charge in [0, 0.05) is 23.2 Å². The molecule has 1 amide bonds. The third-order valence-electron chi connectivity index (χ3n) is 4.41. The van der Waals surface area contributed by atoms with Crippen LogP contribution in [0.3, 0.4) is 0 Å². The van der Waals surface area contributed by atoms with Gasteiger partial charge in [0.15, 0.2) is 11.6 Å². The minimum absolute atomic E-state index is 0.0491. The van der Waals surface area contributed by atoms with Gasteiger partial charge in [0.2, 0.25) is 5.91 Å². The van der Waals surface area contributed by atoms with Gasteiger partial charge in [0.1, 0.15) is 5.75 Å². The molecule has 1 saturated carbocycles. The Bertz CT molecular complexity index is 969. The fourth-order valence-electron chi connectivity index (χ4n) is 2.84. The lowest BCUT2D eigenvalue weighted by Crippen LogP contribution is -2.30. The molecule has 4 nitrogen and oxygen atoms in total. The molecule has 1 aromatic carbocycles. The Morgan fingerprint density at radius 3 is 2.86 bits per heavy atom. The number of benzene rings is 1. The SMILES string of the molecule is O=C(/C=C/c1ccc(Oc2cccnc2)c(F)c1)N(Cc1cccs1)C1CC1. The van der Waals surface area contributed by atoms with E-state index in [1.807, 2.05) is 22.4 Å². The minimum atomic E-state index is -0.490. The normalized spacial score (nSPS) is 13.6. The standard InChI is InChI=1S/C22H19FN2O2S/c23-20-13-16(5-9-21(20)27-18-3-1-11-24-14-18)6-10-22(26)25(17-7-8-17)15-19-4-2-12-28-19/h1-6,9-14,17H,7-8,15H2/b10-6+. The third kappa shape index (κ3) is 4.64. The van der Waals surface area contributed by atoms with Crippen LogP contribution in [0, 0.1) is 5.82 Å². The summed E-state index contributed by atoms with van der Waals surface area (Å²) in [6.07, 6.45) is 8.38. The minimum Gasteiger partial charge on any atom is -0.453 e. The van der Waals surface area contributed by atoms with Crippen molar-refractivity contribution in [2.45, 2.75) is 25.4 Å². The first kappa shape index (κ1) is 18.4. The molecule has 0 radical (unpaired) electrons. The van der Waals surface area contributed by atoms with E-state index >= 15 is 0 Å². The van der Waals surface area contributed by atoms with Gasteiger partial charge in [-0.05, 0) is 60.2 Å². The molecular formula is C22H19FN2O2S. The van der Waals surface area contributed by atoms with E-state index < -0.39 is 5.82 Å². The predicted molar refractivity (Wildman–Crippen MR) is 108 cm³/mol. The Morgan fingerprint density at radius 1 is 1.29 bits per heavy atom. The van der Waals surface area contributed by atoms with E-state index in [0.717, 1.165) is 17.7 Å². The zero-order valence-corrected chi connectivity index (χ0v) is 15.9. The summed E-state index contributed by atoms with van der Waals surface area (Å²) in [7, 11) is 0. The molecule has 0 saturated heterocycles. The summed E-state index contributed by atoms with van der Waals surface area (Å²) in [6.45, 7) is 0.623. The first-order chi connectivity index (χ1) is 13.7. The zero-order chi connectivity index (χ0) is 19.3. The number of rotatable bonds is 7. The van der Waals surface area contributed by atoms with Crippen LogP contribution < -0.4 is 4.74 Å². The van der Waals surface area contributed by atoms with Gasteiger partial charge in [-0.25, -0.2) is 4.39 Å². The fraction of sp³-hybridized carbons (Fsp3) is 0.182. The molecule has 1 aliphatic carbocycles. The zero-order valence-electron chi connectivity index (χ0n) is 15.1. The molecule has 0 bridgehead atoms. The number of pyridine rings is 1. The summed E-state index contributed by atoms with van der Waals surface area (Å²) in [5, 5.41) is 2.01. The second-order valence-electron chi connectivity index (χ2n) is 6.59. The molecule has 28 heavy (non-hydrogen) atoms. The molecule has 1 aliphatic rings. The Morgan fingerprint density at radius 2 is 2.18 bits per heavy atom. The summed E-state index contributed by atoms with van der Waals surface area (Å²) in [4.78, 5) is 19.6. The van der Waals surface area contributed by atoms with Gasteiger partial charge < -0.3 is 9.64 Å². The van der Waals surface area contributed by atoms with Crippen molar-refractivity contribution in [1.29, 1.82) is 0 Å². The van der Waals surface area contributed by atoms with Gasteiger partial charge in [0.25, 0.3) is 0 Å². The summed E-state index contributed by atoms with van der Waals surface area (Å²) >= 11 is 1.65. The highest BCUT2D eigenvalue weighted by Gasteiger charge is 2.31. The van der Waals surface area contributed by atoms with E-state index in [-0.39, 0.29) is 11.7 Å². The molecule has 0 atom stereocenters. The number of thiophene rings is 1. The molecule has 4 rings (SSSR count). The van der Waals surface area contributed by atoms with Crippen LogP contribution in [0.25, 0.3) is 6.08 Å². The monoisotopic (exact) mass is 394 g/mol. The highest BCUT2D eigenvalue weighted by molar-refractivity contribution is 7.09. The van der Waals surface area contributed by atoms with Crippen LogP contribution in [0.4, 0.5) is 4.39 Å². The number of hydrogen-bond donors (Lipinski definition) is 0. The smallest absolute Gasteiger partial charge is 0.247 e. The van der Waals surface area contributed by atoms with Gasteiger partial charge in [-0.3, -0.25) is 9.78 Å². The van der Waals surface area contributed by atoms with Gasteiger partial charge >= 0.3 is 0 Å². The maximum absolute atomic E-state index is 14.3. The molecule has 6 heteroatoms. The summed E-state index contributed by atoms with van der Waals surface area (Å²) in [5.74, 6) is 0.0467. The molecule has 2 aromatic heterocycles. The maximum atomic E-state index is 14.3. The van der Waals surface area contributed by atoms with Crippen molar-refractivity contribution in [1.82, 2.24) is 9.88 Å². The number of ether oxygens (including phenoxy) is 1. The Labute approximate surface area is 166 Å². The van der Waals surface area contributed by atoms with Gasteiger partial charge in [-0.2, -0.15) is 0 Å². The summed E-state index contributed by atoms with van der Waals surface area (Å²) < 4.78 is 19.8. The number of carbonyl (C=O) groups is 1. The van der Waals surface area contributed by atoms with E-state index in [1.165, 1.54) is 18.3 Å². The van der Waals surface area contributed by atoms with Crippen LogP contribution in [0.1, 0.15) is 23.3 Å². The van der Waals surface area contributed by atoms with Crippen LogP contribution in [0.15, 0.2) is 66.3 Å². The number of carbonyl (C=O) groups excluding carboxylic acids is 1. The second-order valence-corrected chi connectivity index (χ2v) is 7.62. The van der Waals surface area contributed by atoms with Crippen molar-refractivity contribution >= 4 is 23.3 Å². The average Bonchev–Trinajstić information content (AvgIpc) is 3.42. The van der Waals surface area contributed by atoms with Gasteiger partial charge in [-0.1, -0.05) is 12.1 Å². The van der Waals surface area contributed by atoms with E-state index in [2.05, 4.69) is 4.98 Å². The van der Waals surface area contributed by atoms with E-state index in [0.29, 0.717) is 23.9 Å². The lowest BCUT2D eigenvalue weighted by Gasteiger charge is -2.20. The topological polar surface area (TPSA) is 42.4 Å². The van der Waals surface area contributed by atoms with E-state index in [9.17, 15) is 9.18 Å². The molecule has 3 aromatic rings. The summed E-state index contributed by atoms with van der Waals surface area (Å²) in [5.41, 5.74) is 0.608. The van der Waals surface area contributed by atoms with Crippen molar-refractivity contribution in [2.75, 3.05) is 0 Å². The number of hydrogen-bond acceptors (Lipinski definition) is 4. The number of nitrogens with zero attached hydrogens (tertiary/aromatic N) is 2. The third-order valence-corrected chi connectivity index (χ3v) is 5.27. The maximum Gasteiger partial charge on any atom is 0.247 e. The Balaban J connectivity index is 1.43. The van der Waals surface area contributed by atoms with Crippen molar-refractivity contribution in [3.05, 3.63) is 82.6 Å². The van der Waals surface area contributed by atoms with E-state index in [4.69, 9.17) is 4.74 Å². The summed E-state index contributed by atoms with van der Waals surface area (Å²) in [6, 6.07) is 12.4. The molecule has 0 N–H and O–H groups in total. The van der Waals surface area contributed by atoms with Gasteiger partial charge in [0.05, 0.1) is 12.7 Å². The molecule has 2 heterocycles. The predicted octanol–water partition coefficient (Wildman–Crippen LogP) is 5.28. The van der Waals surface area contributed by atoms with Gasteiger partial charge in [-0.15, -0.1) is 11.3 Å². The lowest BCUT2D eigenvalue weighted by atomic mass is 10.2. The lowest BCUT2D eigenvalue weighted by molar-refractivity contribution is -0.127.